The van der Waals surface area contributed by atoms with E-state index in [1.807, 2.05) is 37.3 Å². The molecule has 1 atom stereocenters. The van der Waals surface area contributed by atoms with Crippen LogP contribution in [-0.2, 0) is 0 Å². The molecular formula is C16H18BrNO. The third kappa shape index (κ3) is 3.37. The first kappa shape index (κ1) is 14.1. The van der Waals surface area contributed by atoms with Crippen molar-refractivity contribution in [1.29, 1.82) is 0 Å². The van der Waals surface area contributed by atoms with Gasteiger partial charge in [-0.25, -0.2) is 0 Å². The number of ether oxygens (including phenoxy) is 1. The third-order valence-corrected chi connectivity index (χ3v) is 3.59. The fourth-order valence-corrected chi connectivity index (χ4v) is 2.61. The second kappa shape index (κ2) is 6.22. The van der Waals surface area contributed by atoms with Crippen LogP contribution >= 0.6 is 15.9 Å². The Morgan fingerprint density at radius 1 is 1.21 bits per heavy atom. The van der Waals surface area contributed by atoms with Gasteiger partial charge in [-0.1, -0.05) is 34.1 Å². The van der Waals surface area contributed by atoms with E-state index in [9.17, 15) is 0 Å². The van der Waals surface area contributed by atoms with E-state index < -0.39 is 0 Å². The Hall–Kier alpha value is -1.32. The van der Waals surface area contributed by atoms with Gasteiger partial charge in [0.1, 0.15) is 5.75 Å². The topological polar surface area (TPSA) is 35.2 Å². The van der Waals surface area contributed by atoms with Gasteiger partial charge in [0.05, 0.1) is 12.6 Å². The predicted molar refractivity (Wildman–Crippen MR) is 82.5 cm³/mol. The van der Waals surface area contributed by atoms with Gasteiger partial charge in [0.25, 0.3) is 0 Å². The van der Waals surface area contributed by atoms with E-state index in [0.29, 0.717) is 6.61 Å². The van der Waals surface area contributed by atoms with Crippen molar-refractivity contribution in [2.24, 2.45) is 5.73 Å². The number of hydrogen-bond donors (Lipinski definition) is 1. The standard InChI is InChI=1S/C16H18BrNO/c1-3-19-14-6-4-5-12(10-14)16(18)15-8-7-13(17)9-11(15)2/h4-10,16H,3,18H2,1-2H3. The van der Waals surface area contributed by atoms with Crippen molar-refractivity contribution in [3.8, 4) is 5.75 Å². The smallest absolute Gasteiger partial charge is 0.119 e. The summed E-state index contributed by atoms with van der Waals surface area (Å²) in [6, 6.07) is 14.0. The molecule has 0 saturated carbocycles. The monoisotopic (exact) mass is 319 g/mol. The first-order valence-corrected chi connectivity index (χ1v) is 7.15. The van der Waals surface area contributed by atoms with Crippen LogP contribution in [0.4, 0.5) is 0 Å². The molecule has 0 bridgehead atoms. The molecule has 2 N–H and O–H groups in total. The summed E-state index contributed by atoms with van der Waals surface area (Å²) in [7, 11) is 0. The van der Waals surface area contributed by atoms with E-state index >= 15 is 0 Å². The molecule has 2 aromatic rings. The first-order chi connectivity index (χ1) is 9.11. The maximum absolute atomic E-state index is 6.36. The minimum absolute atomic E-state index is 0.131. The third-order valence-electron chi connectivity index (χ3n) is 3.10. The molecule has 0 heterocycles. The molecule has 0 aromatic heterocycles. The highest BCUT2D eigenvalue weighted by Gasteiger charge is 2.12. The highest BCUT2D eigenvalue weighted by Crippen LogP contribution is 2.27. The summed E-state index contributed by atoms with van der Waals surface area (Å²) in [6.07, 6.45) is 0. The molecule has 0 saturated heterocycles. The SMILES string of the molecule is CCOc1cccc(C(N)c2ccc(Br)cc2C)c1. The molecule has 2 nitrogen and oxygen atoms in total. The Bertz CT molecular complexity index is 568. The van der Waals surface area contributed by atoms with E-state index in [1.54, 1.807) is 0 Å². The van der Waals surface area contributed by atoms with Crippen molar-refractivity contribution in [3.05, 3.63) is 63.6 Å². The van der Waals surface area contributed by atoms with E-state index in [1.165, 1.54) is 5.56 Å². The highest BCUT2D eigenvalue weighted by molar-refractivity contribution is 9.10. The summed E-state index contributed by atoms with van der Waals surface area (Å²) in [6.45, 7) is 4.72. The van der Waals surface area contributed by atoms with Crippen molar-refractivity contribution in [2.45, 2.75) is 19.9 Å². The van der Waals surface area contributed by atoms with Gasteiger partial charge < -0.3 is 10.5 Å². The molecule has 1 unspecified atom stereocenters. The number of halogens is 1. The fraction of sp³-hybridized carbons (Fsp3) is 0.250. The van der Waals surface area contributed by atoms with Gasteiger partial charge in [-0.05, 0) is 54.8 Å². The Morgan fingerprint density at radius 3 is 2.68 bits per heavy atom. The summed E-state index contributed by atoms with van der Waals surface area (Å²) in [4.78, 5) is 0. The number of benzene rings is 2. The molecule has 0 aliphatic rings. The van der Waals surface area contributed by atoms with Gasteiger partial charge >= 0.3 is 0 Å². The average molecular weight is 320 g/mol. The molecule has 19 heavy (non-hydrogen) atoms. The number of nitrogens with two attached hydrogens (primary N) is 1. The second-order valence-corrected chi connectivity index (χ2v) is 5.40. The molecule has 0 radical (unpaired) electrons. The zero-order valence-electron chi connectivity index (χ0n) is 11.2. The molecule has 0 fully saturated rings. The van der Waals surface area contributed by atoms with Crippen molar-refractivity contribution < 1.29 is 4.74 Å². The Labute approximate surface area is 122 Å². The quantitative estimate of drug-likeness (QED) is 0.916. The summed E-state index contributed by atoms with van der Waals surface area (Å²) < 4.78 is 6.59. The average Bonchev–Trinajstić information content (AvgIpc) is 2.39. The van der Waals surface area contributed by atoms with Crippen LogP contribution in [0.25, 0.3) is 0 Å². The lowest BCUT2D eigenvalue weighted by atomic mass is 9.96. The van der Waals surface area contributed by atoms with Crippen molar-refractivity contribution in [3.63, 3.8) is 0 Å². The van der Waals surface area contributed by atoms with E-state index in [-0.39, 0.29) is 6.04 Å². The maximum atomic E-state index is 6.36. The van der Waals surface area contributed by atoms with Crippen LogP contribution in [0.2, 0.25) is 0 Å². The highest BCUT2D eigenvalue weighted by atomic mass is 79.9. The molecule has 0 aliphatic heterocycles. The van der Waals surface area contributed by atoms with E-state index in [2.05, 4.69) is 35.0 Å². The molecule has 100 valence electrons. The molecule has 2 aromatic carbocycles. The Balaban J connectivity index is 2.32. The van der Waals surface area contributed by atoms with Crippen molar-refractivity contribution >= 4 is 15.9 Å². The Kier molecular flexibility index (Phi) is 4.61. The zero-order chi connectivity index (χ0) is 13.8. The van der Waals surface area contributed by atoms with Crippen LogP contribution in [0, 0.1) is 6.92 Å². The van der Waals surface area contributed by atoms with Crippen molar-refractivity contribution in [1.82, 2.24) is 0 Å². The van der Waals surface area contributed by atoms with Gasteiger partial charge in [-0.3, -0.25) is 0 Å². The Morgan fingerprint density at radius 2 is 2.00 bits per heavy atom. The van der Waals surface area contributed by atoms with Gasteiger partial charge in [0.15, 0.2) is 0 Å². The minimum Gasteiger partial charge on any atom is -0.494 e. The summed E-state index contributed by atoms with van der Waals surface area (Å²) in [5.41, 5.74) is 9.75. The van der Waals surface area contributed by atoms with Crippen molar-refractivity contribution in [2.75, 3.05) is 6.61 Å². The summed E-state index contributed by atoms with van der Waals surface area (Å²) in [5, 5.41) is 0. The second-order valence-electron chi connectivity index (χ2n) is 4.48. The van der Waals surface area contributed by atoms with E-state index in [0.717, 1.165) is 21.3 Å². The largest absolute Gasteiger partial charge is 0.494 e. The fourth-order valence-electron chi connectivity index (χ4n) is 2.13. The van der Waals surface area contributed by atoms with Gasteiger partial charge in [0, 0.05) is 4.47 Å². The lowest BCUT2D eigenvalue weighted by Gasteiger charge is -2.16. The van der Waals surface area contributed by atoms with Crippen LogP contribution in [0.1, 0.15) is 29.7 Å². The number of aryl methyl sites for hydroxylation is 1. The van der Waals surface area contributed by atoms with Crippen LogP contribution in [0.3, 0.4) is 0 Å². The van der Waals surface area contributed by atoms with Gasteiger partial charge in [0.2, 0.25) is 0 Å². The van der Waals surface area contributed by atoms with Crippen LogP contribution < -0.4 is 10.5 Å². The molecule has 0 spiro atoms. The molecular weight excluding hydrogens is 302 g/mol. The summed E-state index contributed by atoms with van der Waals surface area (Å²) >= 11 is 3.47. The van der Waals surface area contributed by atoms with Gasteiger partial charge in [-0.15, -0.1) is 0 Å². The molecule has 0 amide bonds. The lowest BCUT2D eigenvalue weighted by Crippen LogP contribution is -2.13. The lowest BCUT2D eigenvalue weighted by molar-refractivity contribution is 0.340. The van der Waals surface area contributed by atoms with Crippen LogP contribution in [0.15, 0.2) is 46.9 Å². The zero-order valence-corrected chi connectivity index (χ0v) is 12.8. The maximum Gasteiger partial charge on any atom is 0.119 e. The normalized spacial score (nSPS) is 12.2. The molecule has 0 aliphatic carbocycles. The van der Waals surface area contributed by atoms with Gasteiger partial charge in [-0.2, -0.15) is 0 Å². The van der Waals surface area contributed by atoms with E-state index in [4.69, 9.17) is 10.5 Å². The first-order valence-electron chi connectivity index (χ1n) is 6.36. The minimum atomic E-state index is -0.131. The van der Waals surface area contributed by atoms with Crippen LogP contribution in [0.5, 0.6) is 5.75 Å². The molecule has 2 rings (SSSR count). The summed E-state index contributed by atoms with van der Waals surface area (Å²) in [5.74, 6) is 0.866. The number of rotatable bonds is 4. The predicted octanol–water partition coefficient (Wildman–Crippen LogP) is 4.20. The van der Waals surface area contributed by atoms with Crippen LogP contribution in [-0.4, -0.2) is 6.61 Å². The number of hydrogen-bond acceptors (Lipinski definition) is 2. The molecule has 3 heteroatoms.